The van der Waals surface area contributed by atoms with Gasteiger partial charge in [0.05, 0.1) is 10.3 Å². The van der Waals surface area contributed by atoms with Crippen LogP contribution >= 0.6 is 0 Å². The molecule has 1 aliphatic heterocycles. The van der Waals surface area contributed by atoms with Gasteiger partial charge in [0.25, 0.3) is 5.69 Å². The highest BCUT2D eigenvalue weighted by Crippen LogP contribution is 2.42. The number of para-hydroxylation sites is 1. The van der Waals surface area contributed by atoms with Gasteiger partial charge in [-0.05, 0) is 19.4 Å². The van der Waals surface area contributed by atoms with Crippen LogP contribution in [0.5, 0.6) is 0 Å². The first-order chi connectivity index (χ1) is 6.94. The summed E-state index contributed by atoms with van der Waals surface area (Å²) in [7, 11) is 0. The lowest BCUT2D eigenvalue weighted by atomic mass is 9.86. The van der Waals surface area contributed by atoms with Gasteiger partial charge in [-0.2, -0.15) is 0 Å². The molecule has 0 aromatic heterocycles. The third kappa shape index (κ3) is 1.20. The Balaban J connectivity index is 2.68. The third-order valence-corrected chi connectivity index (χ3v) is 2.72. The molecule has 1 aliphatic rings. The maximum absolute atomic E-state index is 11.6. The highest BCUT2D eigenvalue weighted by Gasteiger charge is 2.41. The van der Waals surface area contributed by atoms with Gasteiger partial charge < -0.3 is 5.32 Å². The van der Waals surface area contributed by atoms with E-state index in [-0.39, 0.29) is 11.6 Å². The summed E-state index contributed by atoms with van der Waals surface area (Å²) in [6, 6.07) is 4.72. The predicted octanol–water partition coefficient (Wildman–Crippen LogP) is 1.82. The van der Waals surface area contributed by atoms with Crippen molar-refractivity contribution in [1.29, 1.82) is 0 Å². The molecule has 0 bridgehead atoms. The van der Waals surface area contributed by atoms with Gasteiger partial charge in [0.1, 0.15) is 5.69 Å². The summed E-state index contributed by atoms with van der Waals surface area (Å²) < 4.78 is 0. The molecule has 0 spiro atoms. The van der Waals surface area contributed by atoms with Crippen molar-refractivity contribution in [3.63, 3.8) is 0 Å². The van der Waals surface area contributed by atoms with Crippen LogP contribution in [0.15, 0.2) is 18.2 Å². The van der Waals surface area contributed by atoms with Gasteiger partial charge in [-0.15, -0.1) is 0 Å². The van der Waals surface area contributed by atoms with Crippen molar-refractivity contribution in [2.45, 2.75) is 19.3 Å². The van der Waals surface area contributed by atoms with Gasteiger partial charge in [-0.25, -0.2) is 0 Å². The van der Waals surface area contributed by atoms with E-state index in [0.29, 0.717) is 11.3 Å². The van der Waals surface area contributed by atoms with Gasteiger partial charge in [0, 0.05) is 6.07 Å². The number of hydrogen-bond donors (Lipinski definition) is 1. The van der Waals surface area contributed by atoms with E-state index in [9.17, 15) is 14.9 Å². The second-order valence-corrected chi connectivity index (χ2v) is 4.04. The Morgan fingerprint density at radius 3 is 2.67 bits per heavy atom. The van der Waals surface area contributed by atoms with Gasteiger partial charge in [-0.3, -0.25) is 14.9 Å². The monoisotopic (exact) mass is 206 g/mol. The van der Waals surface area contributed by atoms with E-state index in [1.165, 1.54) is 6.07 Å². The van der Waals surface area contributed by atoms with Crippen molar-refractivity contribution in [2.75, 3.05) is 5.32 Å². The fourth-order valence-corrected chi connectivity index (χ4v) is 1.74. The van der Waals surface area contributed by atoms with Crippen LogP contribution in [0.2, 0.25) is 0 Å². The molecule has 1 heterocycles. The molecule has 0 radical (unpaired) electrons. The number of rotatable bonds is 1. The molecule has 0 saturated heterocycles. The first-order valence-corrected chi connectivity index (χ1v) is 4.54. The number of nitrogens with zero attached hydrogens (tertiary/aromatic N) is 1. The van der Waals surface area contributed by atoms with Crippen LogP contribution in [0, 0.1) is 10.1 Å². The second-order valence-electron chi connectivity index (χ2n) is 4.04. The number of fused-ring (bicyclic) bond motifs is 1. The van der Waals surface area contributed by atoms with Crippen molar-refractivity contribution in [1.82, 2.24) is 0 Å². The quantitative estimate of drug-likeness (QED) is 0.562. The van der Waals surface area contributed by atoms with E-state index >= 15 is 0 Å². The maximum Gasteiger partial charge on any atom is 0.293 e. The van der Waals surface area contributed by atoms with Crippen molar-refractivity contribution >= 4 is 17.3 Å². The average molecular weight is 206 g/mol. The molecule has 0 aliphatic carbocycles. The summed E-state index contributed by atoms with van der Waals surface area (Å²) in [6.45, 7) is 3.50. The van der Waals surface area contributed by atoms with Crippen LogP contribution in [0.4, 0.5) is 11.4 Å². The highest BCUT2D eigenvalue weighted by atomic mass is 16.6. The molecule has 0 atom stereocenters. The van der Waals surface area contributed by atoms with E-state index < -0.39 is 10.3 Å². The first-order valence-electron chi connectivity index (χ1n) is 4.54. The predicted molar refractivity (Wildman–Crippen MR) is 54.8 cm³/mol. The number of nitro groups is 1. The number of carbonyl (C=O) groups excluding carboxylic acids is 1. The molecule has 5 heteroatoms. The minimum Gasteiger partial charge on any atom is -0.319 e. The van der Waals surface area contributed by atoms with Crippen LogP contribution < -0.4 is 5.32 Å². The van der Waals surface area contributed by atoms with Crippen molar-refractivity contribution in [3.05, 3.63) is 33.9 Å². The Hall–Kier alpha value is -1.91. The summed E-state index contributed by atoms with van der Waals surface area (Å²) >= 11 is 0. The number of nitrogens with one attached hydrogen (secondary N) is 1. The Morgan fingerprint density at radius 1 is 1.40 bits per heavy atom. The smallest absolute Gasteiger partial charge is 0.293 e. The summed E-state index contributed by atoms with van der Waals surface area (Å²) in [5, 5.41) is 13.3. The molecular weight excluding hydrogens is 196 g/mol. The topological polar surface area (TPSA) is 72.2 Å². The standard InChI is InChI=1S/C10H10N2O3/c1-10(2)6-4-3-5-7(12(14)15)8(6)11-9(10)13/h3-5H,1-2H3,(H,11,13). The molecule has 1 aromatic carbocycles. The van der Waals surface area contributed by atoms with Gasteiger partial charge in [0.2, 0.25) is 5.91 Å². The molecule has 1 aromatic rings. The first kappa shape index (κ1) is 9.64. The second kappa shape index (κ2) is 2.79. The number of hydrogen-bond acceptors (Lipinski definition) is 3. The number of amides is 1. The maximum atomic E-state index is 11.6. The van der Waals surface area contributed by atoms with Crippen LogP contribution in [-0.4, -0.2) is 10.8 Å². The highest BCUT2D eigenvalue weighted by molar-refractivity contribution is 6.07. The van der Waals surface area contributed by atoms with Crippen molar-refractivity contribution < 1.29 is 9.72 Å². The molecule has 15 heavy (non-hydrogen) atoms. The fraction of sp³-hybridized carbons (Fsp3) is 0.300. The molecule has 2 rings (SSSR count). The molecule has 5 nitrogen and oxygen atoms in total. The van der Waals surface area contributed by atoms with Crippen LogP contribution in [0.3, 0.4) is 0 Å². The summed E-state index contributed by atoms with van der Waals surface area (Å²) in [4.78, 5) is 21.8. The SMILES string of the molecule is CC1(C)C(=O)Nc2c([N+](=O)[O-])cccc21. The fourth-order valence-electron chi connectivity index (χ4n) is 1.74. The van der Waals surface area contributed by atoms with Crippen LogP contribution in [-0.2, 0) is 10.2 Å². The lowest BCUT2D eigenvalue weighted by Crippen LogP contribution is -2.26. The van der Waals surface area contributed by atoms with E-state index in [2.05, 4.69) is 5.32 Å². The number of carbonyl (C=O) groups is 1. The Kier molecular flexibility index (Phi) is 1.79. The van der Waals surface area contributed by atoms with E-state index in [1.807, 2.05) is 0 Å². The number of nitro benzene ring substituents is 1. The van der Waals surface area contributed by atoms with Gasteiger partial charge >= 0.3 is 0 Å². The zero-order valence-corrected chi connectivity index (χ0v) is 8.40. The largest absolute Gasteiger partial charge is 0.319 e. The lowest BCUT2D eigenvalue weighted by Gasteiger charge is -2.14. The Labute approximate surface area is 86.2 Å². The van der Waals surface area contributed by atoms with Crippen molar-refractivity contribution in [3.8, 4) is 0 Å². The molecule has 0 unspecified atom stereocenters. The minimum atomic E-state index is -0.693. The molecular formula is C10H10N2O3. The van der Waals surface area contributed by atoms with Gasteiger partial charge in [-0.1, -0.05) is 12.1 Å². The Morgan fingerprint density at radius 2 is 2.07 bits per heavy atom. The van der Waals surface area contributed by atoms with Crippen molar-refractivity contribution in [2.24, 2.45) is 0 Å². The van der Waals surface area contributed by atoms with Crippen LogP contribution in [0.1, 0.15) is 19.4 Å². The summed E-state index contributed by atoms with van der Waals surface area (Å²) in [6.07, 6.45) is 0. The lowest BCUT2D eigenvalue weighted by molar-refractivity contribution is -0.383. The zero-order valence-electron chi connectivity index (χ0n) is 8.40. The molecule has 1 N–H and O–H groups in total. The zero-order chi connectivity index (χ0) is 11.2. The average Bonchev–Trinajstić information content (AvgIpc) is 2.38. The number of anilines is 1. The summed E-state index contributed by atoms with van der Waals surface area (Å²) in [5.41, 5.74) is 0.270. The van der Waals surface area contributed by atoms with E-state index in [1.54, 1.807) is 26.0 Å². The molecule has 0 fully saturated rings. The van der Waals surface area contributed by atoms with E-state index in [0.717, 1.165) is 0 Å². The third-order valence-electron chi connectivity index (χ3n) is 2.72. The number of benzene rings is 1. The molecule has 0 saturated carbocycles. The van der Waals surface area contributed by atoms with Gasteiger partial charge in [0.15, 0.2) is 0 Å². The van der Waals surface area contributed by atoms with Crippen LogP contribution in [0.25, 0.3) is 0 Å². The molecule has 78 valence electrons. The van der Waals surface area contributed by atoms with E-state index in [4.69, 9.17) is 0 Å². The minimum absolute atomic E-state index is 0.0496. The summed E-state index contributed by atoms with van der Waals surface area (Å²) in [5.74, 6) is -0.202. The molecule has 1 amide bonds. The normalized spacial score (nSPS) is 17.1. The Bertz CT molecular complexity index is 466.